The molecule has 1 unspecified atom stereocenters. The molecule has 1 aromatic heterocycles. The first kappa shape index (κ1) is 8.76. The van der Waals surface area contributed by atoms with E-state index in [1.807, 2.05) is 13.0 Å². The highest BCUT2D eigenvalue weighted by molar-refractivity contribution is 5.25. The van der Waals surface area contributed by atoms with Crippen LogP contribution in [-0.2, 0) is 0 Å². The van der Waals surface area contributed by atoms with Crippen LogP contribution in [0.4, 0.5) is 0 Å². The maximum atomic E-state index is 5.82. The Bertz CT molecular complexity index is 299. The Hall–Kier alpha value is -1.33. The molecule has 0 aliphatic heterocycles. The lowest BCUT2D eigenvalue weighted by molar-refractivity contribution is 0.743. The molecule has 2 nitrogen and oxygen atoms in total. The number of hydrogen-bond donors (Lipinski definition) is 1. The molecule has 0 amide bonds. The zero-order valence-corrected chi connectivity index (χ0v) is 7.12. The van der Waals surface area contributed by atoms with Crippen molar-refractivity contribution in [3.8, 4) is 12.3 Å². The third-order valence-electron chi connectivity index (χ3n) is 1.82. The highest BCUT2D eigenvalue weighted by Gasteiger charge is 2.06. The SMILES string of the molecule is C#CCC(N)c1cnccc1C. The lowest BCUT2D eigenvalue weighted by Crippen LogP contribution is -2.10. The second-order valence-corrected chi connectivity index (χ2v) is 2.75. The molecule has 1 rings (SSSR count). The van der Waals surface area contributed by atoms with E-state index in [0.717, 1.165) is 11.1 Å². The fraction of sp³-hybridized carbons (Fsp3) is 0.300. The summed E-state index contributed by atoms with van der Waals surface area (Å²) in [5, 5.41) is 0. The third-order valence-corrected chi connectivity index (χ3v) is 1.82. The molecular weight excluding hydrogens is 148 g/mol. The van der Waals surface area contributed by atoms with Crippen LogP contribution in [0.5, 0.6) is 0 Å². The van der Waals surface area contributed by atoms with E-state index in [9.17, 15) is 0 Å². The maximum absolute atomic E-state index is 5.82. The molecule has 1 atom stereocenters. The standard InChI is InChI=1S/C10H12N2/c1-3-4-10(11)9-7-12-6-5-8(9)2/h1,5-7,10H,4,11H2,2H3. The Morgan fingerprint density at radius 3 is 3.08 bits per heavy atom. The third kappa shape index (κ3) is 1.84. The van der Waals surface area contributed by atoms with Crippen LogP contribution in [0.15, 0.2) is 18.5 Å². The van der Waals surface area contributed by atoms with Gasteiger partial charge >= 0.3 is 0 Å². The number of aromatic nitrogens is 1. The van der Waals surface area contributed by atoms with E-state index < -0.39 is 0 Å². The number of nitrogens with two attached hydrogens (primary N) is 1. The fourth-order valence-corrected chi connectivity index (χ4v) is 1.10. The Kier molecular flexibility index (Phi) is 2.84. The topological polar surface area (TPSA) is 38.9 Å². The first-order chi connectivity index (χ1) is 5.75. The van der Waals surface area contributed by atoms with Crippen LogP contribution < -0.4 is 5.73 Å². The van der Waals surface area contributed by atoms with E-state index in [4.69, 9.17) is 12.2 Å². The summed E-state index contributed by atoms with van der Waals surface area (Å²) < 4.78 is 0. The van der Waals surface area contributed by atoms with Crippen molar-refractivity contribution in [3.05, 3.63) is 29.6 Å². The predicted molar refractivity (Wildman–Crippen MR) is 49.4 cm³/mol. The molecule has 12 heavy (non-hydrogen) atoms. The Morgan fingerprint density at radius 2 is 2.50 bits per heavy atom. The van der Waals surface area contributed by atoms with Gasteiger partial charge < -0.3 is 5.73 Å². The van der Waals surface area contributed by atoms with Gasteiger partial charge in [-0.25, -0.2) is 0 Å². The summed E-state index contributed by atoms with van der Waals surface area (Å²) in [4.78, 5) is 4.00. The van der Waals surface area contributed by atoms with E-state index in [1.165, 1.54) is 0 Å². The minimum Gasteiger partial charge on any atom is -0.323 e. The van der Waals surface area contributed by atoms with Gasteiger partial charge in [0.15, 0.2) is 0 Å². The second kappa shape index (κ2) is 3.89. The second-order valence-electron chi connectivity index (χ2n) is 2.75. The van der Waals surface area contributed by atoms with E-state index in [0.29, 0.717) is 6.42 Å². The Labute approximate surface area is 72.8 Å². The number of terminal acetylenes is 1. The molecule has 0 aliphatic carbocycles. The van der Waals surface area contributed by atoms with Crippen molar-refractivity contribution in [1.29, 1.82) is 0 Å². The summed E-state index contributed by atoms with van der Waals surface area (Å²) in [5.74, 6) is 2.54. The van der Waals surface area contributed by atoms with Gasteiger partial charge in [-0.15, -0.1) is 12.3 Å². The van der Waals surface area contributed by atoms with Gasteiger partial charge in [0, 0.05) is 24.9 Å². The lowest BCUT2D eigenvalue weighted by Gasteiger charge is -2.10. The minimum atomic E-state index is -0.0799. The highest BCUT2D eigenvalue weighted by Crippen LogP contribution is 2.15. The predicted octanol–water partition coefficient (Wildman–Crippen LogP) is 1.41. The number of hydrogen-bond acceptors (Lipinski definition) is 2. The van der Waals surface area contributed by atoms with Crippen molar-refractivity contribution in [2.45, 2.75) is 19.4 Å². The Balaban J connectivity index is 2.88. The molecule has 62 valence electrons. The van der Waals surface area contributed by atoms with Gasteiger partial charge in [-0.2, -0.15) is 0 Å². The summed E-state index contributed by atoms with van der Waals surface area (Å²) >= 11 is 0. The van der Waals surface area contributed by atoms with Gasteiger partial charge in [0.2, 0.25) is 0 Å². The van der Waals surface area contributed by atoms with E-state index in [2.05, 4.69) is 10.9 Å². The molecular formula is C10H12N2. The monoisotopic (exact) mass is 160 g/mol. The van der Waals surface area contributed by atoms with Gasteiger partial charge in [-0.1, -0.05) is 0 Å². The lowest BCUT2D eigenvalue weighted by atomic mass is 10.0. The highest BCUT2D eigenvalue weighted by atomic mass is 14.7. The van der Waals surface area contributed by atoms with Crippen LogP contribution in [0.2, 0.25) is 0 Å². The quantitative estimate of drug-likeness (QED) is 0.664. The molecule has 0 radical (unpaired) electrons. The summed E-state index contributed by atoms with van der Waals surface area (Å²) in [6.07, 6.45) is 9.26. The van der Waals surface area contributed by atoms with Crippen molar-refractivity contribution in [3.63, 3.8) is 0 Å². The van der Waals surface area contributed by atoms with Crippen molar-refractivity contribution in [1.82, 2.24) is 4.98 Å². The molecule has 0 fully saturated rings. The van der Waals surface area contributed by atoms with Gasteiger partial charge in [-0.05, 0) is 24.1 Å². The molecule has 0 aliphatic rings. The van der Waals surface area contributed by atoms with Crippen LogP contribution in [0.3, 0.4) is 0 Å². The number of aryl methyl sites for hydroxylation is 1. The maximum Gasteiger partial charge on any atom is 0.0423 e. The van der Waals surface area contributed by atoms with Crippen molar-refractivity contribution in [2.24, 2.45) is 5.73 Å². The van der Waals surface area contributed by atoms with Crippen molar-refractivity contribution in [2.75, 3.05) is 0 Å². The smallest absolute Gasteiger partial charge is 0.0423 e. The summed E-state index contributed by atoms with van der Waals surface area (Å²) in [6.45, 7) is 2.01. The van der Waals surface area contributed by atoms with Crippen LogP contribution >= 0.6 is 0 Å². The molecule has 2 heteroatoms. The van der Waals surface area contributed by atoms with E-state index in [-0.39, 0.29) is 6.04 Å². The average molecular weight is 160 g/mol. The molecule has 0 aromatic carbocycles. The molecule has 1 aromatic rings. The number of nitrogens with zero attached hydrogens (tertiary/aromatic N) is 1. The molecule has 0 spiro atoms. The molecule has 1 heterocycles. The van der Waals surface area contributed by atoms with E-state index in [1.54, 1.807) is 12.4 Å². The number of pyridine rings is 1. The minimum absolute atomic E-state index is 0.0799. The van der Waals surface area contributed by atoms with Crippen LogP contribution in [0.25, 0.3) is 0 Å². The van der Waals surface area contributed by atoms with Gasteiger partial charge in [0.1, 0.15) is 0 Å². The zero-order chi connectivity index (χ0) is 8.97. The van der Waals surface area contributed by atoms with Crippen molar-refractivity contribution >= 4 is 0 Å². The average Bonchev–Trinajstić information content (AvgIpc) is 2.05. The fourth-order valence-electron chi connectivity index (χ4n) is 1.10. The van der Waals surface area contributed by atoms with Gasteiger partial charge in [0.05, 0.1) is 0 Å². The van der Waals surface area contributed by atoms with Crippen molar-refractivity contribution < 1.29 is 0 Å². The summed E-state index contributed by atoms with van der Waals surface area (Å²) in [7, 11) is 0. The molecule has 0 saturated heterocycles. The van der Waals surface area contributed by atoms with Gasteiger partial charge in [0.25, 0.3) is 0 Å². The summed E-state index contributed by atoms with van der Waals surface area (Å²) in [6, 6.07) is 1.86. The first-order valence-electron chi connectivity index (χ1n) is 3.85. The summed E-state index contributed by atoms with van der Waals surface area (Å²) in [5.41, 5.74) is 8.01. The number of rotatable bonds is 2. The van der Waals surface area contributed by atoms with E-state index >= 15 is 0 Å². The van der Waals surface area contributed by atoms with Crippen LogP contribution in [0.1, 0.15) is 23.6 Å². The molecule has 2 N–H and O–H groups in total. The molecule has 0 saturated carbocycles. The molecule has 0 bridgehead atoms. The zero-order valence-electron chi connectivity index (χ0n) is 7.12. The van der Waals surface area contributed by atoms with Crippen LogP contribution in [-0.4, -0.2) is 4.98 Å². The van der Waals surface area contributed by atoms with Crippen LogP contribution in [0, 0.1) is 19.3 Å². The Morgan fingerprint density at radius 1 is 1.75 bits per heavy atom. The largest absolute Gasteiger partial charge is 0.323 e. The van der Waals surface area contributed by atoms with Gasteiger partial charge in [-0.3, -0.25) is 4.98 Å². The normalized spacial score (nSPS) is 12.1. The first-order valence-corrected chi connectivity index (χ1v) is 3.85.